The third-order valence-corrected chi connectivity index (χ3v) is 4.09. The summed E-state index contributed by atoms with van der Waals surface area (Å²) in [6.07, 6.45) is -1.23. The number of amides is 1. The van der Waals surface area contributed by atoms with E-state index in [0.29, 0.717) is 0 Å². The number of nitrogens with two attached hydrogens (primary N) is 1. The lowest BCUT2D eigenvalue weighted by Crippen LogP contribution is -2.30. The third kappa shape index (κ3) is 4.85. The van der Waals surface area contributed by atoms with Crippen LogP contribution in [0.4, 0.5) is 10.1 Å². The molecule has 7 nitrogen and oxygen atoms in total. The van der Waals surface area contributed by atoms with Gasteiger partial charge in [0.2, 0.25) is 10.0 Å². The molecule has 9 heteroatoms. The zero-order valence-electron chi connectivity index (χ0n) is 13.1. The van der Waals surface area contributed by atoms with E-state index in [-0.39, 0.29) is 16.1 Å². The lowest BCUT2D eigenvalue weighted by molar-refractivity contribution is -0.123. The zero-order valence-corrected chi connectivity index (χ0v) is 13.9. The van der Waals surface area contributed by atoms with Crippen molar-refractivity contribution in [3.63, 3.8) is 0 Å². The molecule has 0 radical (unpaired) electrons. The molecule has 0 saturated heterocycles. The van der Waals surface area contributed by atoms with Crippen molar-refractivity contribution in [1.29, 1.82) is 0 Å². The first-order valence-electron chi connectivity index (χ1n) is 7.07. The fraction of sp³-hybridized carbons (Fsp3) is 0.125. The maximum Gasteiger partial charge on any atom is 0.341 e. The Bertz CT molecular complexity index is 914. The Labute approximate surface area is 143 Å². The Morgan fingerprint density at radius 1 is 1.16 bits per heavy atom. The van der Waals surface area contributed by atoms with Crippen LogP contribution < -0.4 is 10.5 Å². The summed E-state index contributed by atoms with van der Waals surface area (Å²) in [6, 6.07) is 10.5. The van der Waals surface area contributed by atoms with Gasteiger partial charge < -0.3 is 10.1 Å². The molecule has 0 saturated carbocycles. The molecule has 0 aliphatic heterocycles. The van der Waals surface area contributed by atoms with Crippen molar-refractivity contribution >= 4 is 27.6 Å². The molecule has 0 aliphatic rings. The first kappa shape index (κ1) is 18.6. The van der Waals surface area contributed by atoms with Crippen LogP contribution in [0.15, 0.2) is 53.4 Å². The summed E-state index contributed by atoms with van der Waals surface area (Å²) in [4.78, 5) is 23.8. The van der Waals surface area contributed by atoms with Crippen LogP contribution in [-0.2, 0) is 19.6 Å². The molecule has 1 atom stereocenters. The Morgan fingerprint density at radius 2 is 1.84 bits per heavy atom. The monoisotopic (exact) mass is 366 g/mol. The minimum Gasteiger partial charge on any atom is -0.449 e. The van der Waals surface area contributed by atoms with Gasteiger partial charge in [-0.2, -0.15) is 0 Å². The van der Waals surface area contributed by atoms with E-state index in [1.54, 1.807) is 0 Å². The molecule has 0 aliphatic carbocycles. The molecule has 3 N–H and O–H groups in total. The zero-order chi connectivity index (χ0) is 18.6. The number of nitrogens with one attached hydrogen (secondary N) is 1. The number of anilines is 1. The van der Waals surface area contributed by atoms with Gasteiger partial charge in [0.05, 0.1) is 10.5 Å². The highest BCUT2D eigenvalue weighted by atomic mass is 32.2. The highest BCUT2D eigenvalue weighted by molar-refractivity contribution is 7.89. The van der Waals surface area contributed by atoms with Crippen LogP contribution in [0.5, 0.6) is 0 Å². The molecule has 0 spiro atoms. The standard InChI is InChI=1S/C16H15FN2O5S/c1-10(24-16(21)13-7-2-3-8-14(13)17)15(20)19-11-5-4-6-12(9-11)25(18,22)23/h2-10H,1H3,(H,19,20)(H2,18,22,23)/t10-/m1/s1. The first-order valence-corrected chi connectivity index (χ1v) is 8.62. The molecular weight excluding hydrogens is 351 g/mol. The van der Waals surface area contributed by atoms with Gasteiger partial charge in [-0.25, -0.2) is 22.7 Å². The number of rotatable bonds is 5. The minimum absolute atomic E-state index is 0.158. The minimum atomic E-state index is -3.92. The quantitative estimate of drug-likeness (QED) is 0.781. The van der Waals surface area contributed by atoms with E-state index in [4.69, 9.17) is 9.88 Å². The average molecular weight is 366 g/mol. The molecule has 0 heterocycles. The average Bonchev–Trinajstić information content (AvgIpc) is 2.54. The maximum absolute atomic E-state index is 13.5. The topological polar surface area (TPSA) is 116 Å². The van der Waals surface area contributed by atoms with Crippen LogP contribution in [0, 0.1) is 5.82 Å². The van der Waals surface area contributed by atoms with E-state index in [0.717, 1.165) is 6.07 Å². The van der Waals surface area contributed by atoms with Crippen LogP contribution in [0.1, 0.15) is 17.3 Å². The summed E-state index contributed by atoms with van der Waals surface area (Å²) < 4.78 is 41.0. The Morgan fingerprint density at radius 3 is 2.48 bits per heavy atom. The number of halogens is 1. The predicted octanol–water partition coefficient (Wildman–Crippen LogP) is 1.66. The van der Waals surface area contributed by atoms with Gasteiger partial charge >= 0.3 is 5.97 Å². The van der Waals surface area contributed by atoms with Crippen LogP contribution in [0.2, 0.25) is 0 Å². The summed E-state index contributed by atoms with van der Waals surface area (Å²) in [7, 11) is -3.92. The van der Waals surface area contributed by atoms with Gasteiger partial charge in [-0.05, 0) is 37.3 Å². The Kier molecular flexibility index (Phi) is 5.50. The number of carbonyl (C=O) groups excluding carboxylic acids is 2. The van der Waals surface area contributed by atoms with Crippen LogP contribution >= 0.6 is 0 Å². The Balaban J connectivity index is 2.06. The van der Waals surface area contributed by atoms with Gasteiger partial charge in [0.1, 0.15) is 5.82 Å². The number of carbonyl (C=O) groups is 2. The van der Waals surface area contributed by atoms with Crippen LogP contribution in [-0.4, -0.2) is 26.4 Å². The second-order valence-electron chi connectivity index (χ2n) is 5.09. The summed E-state index contributed by atoms with van der Waals surface area (Å²) in [5.41, 5.74) is -0.135. The number of sulfonamides is 1. The molecule has 132 valence electrons. The maximum atomic E-state index is 13.5. The molecular formula is C16H15FN2O5S. The van der Waals surface area contributed by atoms with E-state index in [1.807, 2.05) is 0 Å². The van der Waals surface area contributed by atoms with Gasteiger partial charge in [-0.1, -0.05) is 18.2 Å². The smallest absolute Gasteiger partial charge is 0.341 e. The van der Waals surface area contributed by atoms with Crippen molar-refractivity contribution in [2.24, 2.45) is 5.14 Å². The van der Waals surface area contributed by atoms with Crippen molar-refractivity contribution in [2.75, 3.05) is 5.32 Å². The first-order chi connectivity index (χ1) is 11.7. The molecule has 2 aromatic rings. The highest BCUT2D eigenvalue weighted by Gasteiger charge is 2.21. The normalized spacial score (nSPS) is 12.3. The van der Waals surface area contributed by atoms with E-state index in [9.17, 15) is 22.4 Å². The summed E-state index contributed by atoms with van der Waals surface area (Å²) in [6.45, 7) is 1.30. The molecule has 0 aromatic heterocycles. The number of hydrogen-bond donors (Lipinski definition) is 2. The summed E-state index contributed by atoms with van der Waals surface area (Å²) in [5.74, 6) is -2.46. The van der Waals surface area contributed by atoms with Crippen molar-refractivity contribution < 1.29 is 27.1 Å². The molecule has 0 bridgehead atoms. The molecule has 1 amide bonds. The van der Waals surface area contributed by atoms with Crippen LogP contribution in [0.3, 0.4) is 0 Å². The van der Waals surface area contributed by atoms with Crippen molar-refractivity contribution in [1.82, 2.24) is 0 Å². The number of hydrogen-bond acceptors (Lipinski definition) is 5. The lowest BCUT2D eigenvalue weighted by Gasteiger charge is -2.14. The molecule has 0 unspecified atom stereocenters. The number of benzene rings is 2. The highest BCUT2D eigenvalue weighted by Crippen LogP contribution is 2.15. The van der Waals surface area contributed by atoms with Gasteiger partial charge in [-0.15, -0.1) is 0 Å². The lowest BCUT2D eigenvalue weighted by atomic mass is 10.2. The predicted molar refractivity (Wildman–Crippen MR) is 87.7 cm³/mol. The Hall–Kier alpha value is -2.78. The number of ether oxygens (including phenoxy) is 1. The fourth-order valence-electron chi connectivity index (χ4n) is 1.90. The van der Waals surface area contributed by atoms with E-state index in [2.05, 4.69) is 5.32 Å². The van der Waals surface area contributed by atoms with Crippen molar-refractivity contribution in [2.45, 2.75) is 17.9 Å². The SMILES string of the molecule is C[C@@H](OC(=O)c1ccccc1F)C(=O)Nc1cccc(S(N)(=O)=O)c1. The molecule has 2 rings (SSSR count). The molecule has 2 aromatic carbocycles. The molecule has 0 fully saturated rings. The second-order valence-corrected chi connectivity index (χ2v) is 6.65. The van der Waals surface area contributed by atoms with E-state index >= 15 is 0 Å². The van der Waals surface area contributed by atoms with Gasteiger partial charge in [-0.3, -0.25) is 4.79 Å². The van der Waals surface area contributed by atoms with Gasteiger partial charge in [0.25, 0.3) is 5.91 Å². The van der Waals surface area contributed by atoms with Crippen molar-refractivity contribution in [3.8, 4) is 0 Å². The van der Waals surface area contributed by atoms with Crippen molar-refractivity contribution in [3.05, 3.63) is 59.9 Å². The molecule has 25 heavy (non-hydrogen) atoms. The van der Waals surface area contributed by atoms with E-state index in [1.165, 1.54) is 49.4 Å². The largest absolute Gasteiger partial charge is 0.449 e. The van der Waals surface area contributed by atoms with Gasteiger partial charge in [0.15, 0.2) is 6.10 Å². The van der Waals surface area contributed by atoms with Gasteiger partial charge in [0, 0.05) is 5.69 Å². The van der Waals surface area contributed by atoms with Crippen LogP contribution in [0.25, 0.3) is 0 Å². The second kappa shape index (κ2) is 7.41. The number of esters is 1. The summed E-state index contributed by atoms with van der Waals surface area (Å²) >= 11 is 0. The fourth-order valence-corrected chi connectivity index (χ4v) is 2.46. The van der Waals surface area contributed by atoms with E-state index < -0.39 is 33.8 Å². The third-order valence-electron chi connectivity index (χ3n) is 3.18. The summed E-state index contributed by atoms with van der Waals surface area (Å²) in [5, 5.41) is 7.41. The number of primary sulfonamides is 1.